The van der Waals surface area contributed by atoms with Crippen LogP contribution in [-0.2, 0) is 11.3 Å². The van der Waals surface area contributed by atoms with Crippen LogP contribution in [0.1, 0.15) is 44.1 Å². The number of hydrogen-bond acceptors (Lipinski definition) is 4. The van der Waals surface area contributed by atoms with Crippen LogP contribution in [-0.4, -0.2) is 65.9 Å². The summed E-state index contributed by atoms with van der Waals surface area (Å²) < 4.78 is 5.46. The first kappa shape index (κ1) is 19.1. The number of furan rings is 1. The van der Waals surface area contributed by atoms with E-state index in [-0.39, 0.29) is 5.92 Å². The molecule has 1 aromatic carbocycles. The molecule has 3 fully saturated rings. The van der Waals surface area contributed by atoms with Crippen LogP contribution in [0, 0.1) is 5.92 Å². The molecule has 0 saturated carbocycles. The maximum atomic E-state index is 12.8. The predicted octanol–water partition coefficient (Wildman–Crippen LogP) is 3.73. The van der Waals surface area contributed by atoms with E-state index in [1.807, 2.05) is 6.07 Å². The van der Waals surface area contributed by atoms with Gasteiger partial charge in [-0.1, -0.05) is 6.07 Å². The molecule has 1 aromatic heterocycles. The lowest BCUT2D eigenvalue weighted by Gasteiger charge is -2.42. The zero-order valence-electron chi connectivity index (χ0n) is 17.4. The van der Waals surface area contributed by atoms with Gasteiger partial charge in [-0.2, -0.15) is 0 Å². The summed E-state index contributed by atoms with van der Waals surface area (Å²) in [6.07, 6.45) is 8.84. The standard InChI is InChI=1S/C24H33N3O2/c28-24(26-10-1-2-11-26)21-4-3-12-27(18-21)22-7-13-25(14-8-22)17-19-5-6-23-20(16-19)9-15-29-23/h5-6,9,15-16,21-22H,1-4,7-8,10-14,17-18H2/t21-/m1/s1. The quantitative estimate of drug-likeness (QED) is 0.791. The van der Waals surface area contributed by atoms with E-state index in [2.05, 4.69) is 32.9 Å². The molecular formula is C24H33N3O2. The Morgan fingerprint density at radius 2 is 1.79 bits per heavy atom. The molecule has 3 aliphatic heterocycles. The number of amides is 1. The van der Waals surface area contributed by atoms with E-state index in [0.717, 1.165) is 51.3 Å². The Morgan fingerprint density at radius 3 is 2.62 bits per heavy atom. The average molecular weight is 396 g/mol. The molecule has 0 radical (unpaired) electrons. The number of carbonyl (C=O) groups excluding carboxylic acids is 1. The molecule has 0 N–H and O–H groups in total. The molecule has 1 atom stereocenters. The van der Waals surface area contributed by atoms with Gasteiger partial charge in [-0.25, -0.2) is 0 Å². The molecule has 5 nitrogen and oxygen atoms in total. The first-order valence-electron chi connectivity index (χ1n) is 11.5. The van der Waals surface area contributed by atoms with Gasteiger partial charge in [0, 0.05) is 37.6 Å². The number of fused-ring (bicyclic) bond motifs is 1. The van der Waals surface area contributed by atoms with Crippen LogP contribution in [0.3, 0.4) is 0 Å². The van der Waals surface area contributed by atoms with Gasteiger partial charge in [-0.3, -0.25) is 14.6 Å². The molecule has 3 saturated heterocycles. The largest absolute Gasteiger partial charge is 0.464 e. The Labute approximate surface area is 173 Å². The third-order valence-corrected chi connectivity index (χ3v) is 7.22. The van der Waals surface area contributed by atoms with E-state index < -0.39 is 0 Å². The maximum absolute atomic E-state index is 12.8. The topological polar surface area (TPSA) is 39.9 Å². The van der Waals surface area contributed by atoms with E-state index in [1.54, 1.807) is 6.26 Å². The van der Waals surface area contributed by atoms with Crippen molar-refractivity contribution in [2.24, 2.45) is 5.92 Å². The highest BCUT2D eigenvalue weighted by Gasteiger charge is 2.34. The number of rotatable bonds is 4. The zero-order chi connectivity index (χ0) is 19.6. The van der Waals surface area contributed by atoms with Crippen LogP contribution < -0.4 is 0 Å². The normalized spacial score (nSPS) is 25.1. The molecule has 2 aromatic rings. The lowest BCUT2D eigenvalue weighted by molar-refractivity contribution is -0.136. The summed E-state index contributed by atoms with van der Waals surface area (Å²) in [5.74, 6) is 0.667. The van der Waals surface area contributed by atoms with Crippen LogP contribution in [0.4, 0.5) is 0 Å². The lowest BCUT2D eigenvalue weighted by atomic mass is 9.93. The summed E-state index contributed by atoms with van der Waals surface area (Å²) in [7, 11) is 0. The number of likely N-dealkylation sites (tertiary alicyclic amines) is 3. The summed E-state index contributed by atoms with van der Waals surface area (Å²) in [5.41, 5.74) is 2.34. The Morgan fingerprint density at radius 1 is 0.966 bits per heavy atom. The third-order valence-electron chi connectivity index (χ3n) is 7.22. The van der Waals surface area contributed by atoms with E-state index >= 15 is 0 Å². The summed E-state index contributed by atoms with van der Waals surface area (Å²) >= 11 is 0. The van der Waals surface area contributed by atoms with Crippen molar-refractivity contribution in [3.8, 4) is 0 Å². The minimum Gasteiger partial charge on any atom is -0.464 e. The van der Waals surface area contributed by atoms with E-state index in [9.17, 15) is 4.79 Å². The minimum absolute atomic E-state index is 0.238. The molecule has 0 unspecified atom stereocenters. The maximum Gasteiger partial charge on any atom is 0.226 e. The summed E-state index contributed by atoms with van der Waals surface area (Å²) in [6, 6.07) is 9.22. The molecule has 0 aliphatic carbocycles. The minimum atomic E-state index is 0.238. The van der Waals surface area contributed by atoms with Crippen molar-refractivity contribution >= 4 is 16.9 Å². The van der Waals surface area contributed by atoms with E-state index in [1.165, 1.54) is 49.6 Å². The fraction of sp³-hybridized carbons (Fsp3) is 0.625. The smallest absolute Gasteiger partial charge is 0.226 e. The van der Waals surface area contributed by atoms with Crippen molar-refractivity contribution in [3.05, 3.63) is 36.1 Å². The van der Waals surface area contributed by atoms with Gasteiger partial charge >= 0.3 is 0 Å². The fourth-order valence-electron chi connectivity index (χ4n) is 5.55. The van der Waals surface area contributed by atoms with Gasteiger partial charge in [0.05, 0.1) is 12.2 Å². The molecular weight excluding hydrogens is 362 g/mol. The highest BCUT2D eigenvalue weighted by molar-refractivity contribution is 5.79. The van der Waals surface area contributed by atoms with Crippen molar-refractivity contribution in [1.29, 1.82) is 0 Å². The van der Waals surface area contributed by atoms with Crippen LogP contribution >= 0.6 is 0 Å². The average Bonchev–Trinajstić information content (AvgIpc) is 3.46. The molecule has 4 heterocycles. The summed E-state index contributed by atoms with van der Waals surface area (Å²) in [6.45, 7) is 7.44. The first-order valence-corrected chi connectivity index (χ1v) is 11.5. The van der Waals surface area contributed by atoms with Crippen molar-refractivity contribution in [1.82, 2.24) is 14.7 Å². The molecule has 29 heavy (non-hydrogen) atoms. The second-order valence-electron chi connectivity index (χ2n) is 9.17. The van der Waals surface area contributed by atoms with Crippen molar-refractivity contribution in [3.63, 3.8) is 0 Å². The Hall–Kier alpha value is -1.85. The second kappa shape index (κ2) is 8.49. The molecule has 3 aliphatic rings. The van der Waals surface area contributed by atoms with Crippen LogP contribution in [0.15, 0.2) is 34.9 Å². The van der Waals surface area contributed by atoms with Gasteiger partial charge in [0.15, 0.2) is 0 Å². The van der Waals surface area contributed by atoms with Crippen LogP contribution in [0.5, 0.6) is 0 Å². The number of hydrogen-bond donors (Lipinski definition) is 0. The van der Waals surface area contributed by atoms with Crippen molar-refractivity contribution in [2.45, 2.75) is 51.1 Å². The summed E-state index contributed by atoms with van der Waals surface area (Å²) in [5, 5.41) is 1.19. The number of nitrogens with zero attached hydrogens (tertiary/aromatic N) is 3. The SMILES string of the molecule is O=C([C@@H]1CCCN(C2CCN(Cc3ccc4occc4c3)CC2)C1)N1CCCC1. The Bertz CT molecular complexity index is 834. The second-order valence-corrected chi connectivity index (χ2v) is 9.17. The Balaban J connectivity index is 1.13. The third kappa shape index (κ3) is 4.22. The Kier molecular flexibility index (Phi) is 5.60. The number of carbonyl (C=O) groups is 1. The molecule has 5 rings (SSSR count). The van der Waals surface area contributed by atoms with E-state index in [0.29, 0.717) is 11.9 Å². The van der Waals surface area contributed by atoms with Crippen molar-refractivity contribution in [2.75, 3.05) is 39.3 Å². The van der Waals surface area contributed by atoms with Crippen molar-refractivity contribution < 1.29 is 9.21 Å². The van der Waals surface area contributed by atoms with Crippen LogP contribution in [0.25, 0.3) is 11.0 Å². The number of benzene rings is 1. The molecule has 0 bridgehead atoms. The van der Waals surface area contributed by atoms with Crippen LogP contribution in [0.2, 0.25) is 0 Å². The highest BCUT2D eigenvalue weighted by atomic mass is 16.3. The lowest BCUT2D eigenvalue weighted by Crippen LogP contribution is -2.51. The highest BCUT2D eigenvalue weighted by Crippen LogP contribution is 2.27. The van der Waals surface area contributed by atoms with Gasteiger partial charge in [0.25, 0.3) is 0 Å². The molecule has 1 amide bonds. The molecule has 5 heteroatoms. The first-order chi connectivity index (χ1) is 14.3. The monoisotopic (exact) mass is 395 g/mol. The predicted molar refractivity (Wildman–Crippen MR) is 115 cm³/mol. The zero-order valence-corrected chi connectivity index (χ0v) is 17.4. The fourth-order valence-corrected chi connectivity index (χ4v) is 5.55. The van der Waals surface area contributed by atoms with E-state index in [4.69, 9.17) is 4.42 Å². The van der Waals surface area contributed by atoms with Gasteiger partial charge in [-0.15, -0.1) is 0 Å². The number of piperidine rings is 2. The van der Waals surface area contributed by atoms with Gasteiger partial charge in [0.2, 0.25) is 5.91 Å². The molecule has 156 valence electrons. The van der Waals surface area contributed by atoms with Gasteiger partial charge in [0.1, 0.15) is 5.58 Å². The van der Waals surface area contributed by atoms with Gasteiger partial charge in [-0.05, 0) is 81.9 Å². The van der Waals surface area contributed by atoms with Gasteiger partial charge < -0.3 is 9.32 Å². The molecule has 0 spiro atoms. The summed E-state index contributed by atoms with van der Waals surface area (Å²) in [4.78, 5) is 20.2.